The molecule has 5 rings (SSSR count). The van der Waals surface area contributed by atoms with Crippen molar-refractivity contribution in [2.75, 3.05) is 13.3 Å². The summed E-state index contributed by atoms with van der Waals surface area (Å²) in [5, 5.41) is 4.59. The predicted octanol–water partition coefficient (Wildman–Crippen LogP) is 3.18. The minimum Gasteiger partial charge on any atom is -0.454 e. The van der Waals surface area contributed by atoms with Gasteiger partial charge >= 0.3 is 0 Å². The van der Waals surface area contributed by atoms with Gasteiger partial charge in [-0.3, -0.25) is 9.59 Å². The summed E-state index contributed by atoms with van der Waals surface area (Å²) in [5.74, 6) is 1.47. The molecule has 0 unspecified atom stereocenters. The second-order valence-corrected chi connectivity index (χ2v) is 8.36. The number of aryl methyl sites for hydroxylation is 1. The molecule has 7 nitrogen and oxygen atoms in total. The smallest absolute Gasteiger partial charge is 0.266 e. The number of likely N-dealkylation sites (tertiary alicyclic amines) is 1. The summed E-state index contributed by atoms with van der Waals surface area (Å²) in [6, 6.07) is 16.8. The molecule has 0 aliphatic carbocycles. The van der Waals surface area contributed by atoms with E-state index in [1.165, 1.54) is 10.7 Å². The molecule has 1 fully saturated rings. The summed E-state index contributed by atoms with van der Waals surface area (Å²) in [6.07, 6.45) is 2.17. The van der Waals surface area contributed by atoms with E-state index >= 15 is 0 Å². The number of aromatic nitrogens is 2. The van der Waals surface area contributed by atoms with Crippen molar-refractivity contribution in [3.63, 3.8) is 0 Å². The Hall–Kier alpha value is -3.61. The van der Waals surface area contributed by atoms with Gasteiger partial charge in [-0.15, -0.1) is 0 Å². The van der Waals surface area contributed by atoms with Crippen LogP contribution in [0, 0.1) is 6.92 Å². The van der Waals surface area contributed by atoms with Crippen molar-refractivity contribution < 1.29 is 14.3 Å². The lowest BCUT2D eigenvalue weighted by molar-refractivity contribution is -0.131. The van der Waals surface area contributed by atoms with Gasteiger partial charge in [0.15, 0.2) is 11.5 Å². The van der Waals surface area contributed by atoms with E-state index in [0.717, 1.165) is 29.5 Å². The van der Waals surface area contributed by atoms with Crippen LogP contribution in [0.3, 0.4) is 0 Å². The van der Waals surface area contributed by atoms with E-state index < -0.39 is 0 Å². The third kappa shape index (κ3) is 4.10. The summed E-state index contributed by atoms with van der Waals surface area (Å²) in [4.78, 5) is 27.4. The summed E-state index contributed by atoms with van der Waals surface area (Å²) in [5.41, 5.74) is 3.51. The first kappa shape index (κ1) is 20.3. The van der Waals surface area contributed by atoms with Crippen LogP contribution in [0.25, 0.3) is 11.3 Å². The highest BCUT2D eigenvalue weighted by Crippen LogP contribution is 2.35. The van der Waals surface area contributed by atoms with Gasteiger partial charge < -0.3 is 14.4 Å². The molecule has 0 saturated carbocycles. The van der Waals surface area contributed by atoms with Crippen LogP contribution >= 0.6 is 0 Å². The predicted molar refractivity (Wildman–Crippen MR) is 120 cm³/mol. The zero-order valence-electron chi connectivity index (χ0n) is 18.0. The first-order valence-corrected chi connectivity index (χ1v) is 10.9. The maximum absolute atomic E-state index is 13.0. The molecule has 3 aromatic rings. The molecule has 164 valence electrons. The van der Waals surface area contributed by atoms with E-state index in [1.54, 1.807) is 6.07 Å². The largest absolute Gasteiger partial charge is 0.454 e. The molecule has 1 amide bonds. The molecule has 2 aliphatic heterocycles. The molecule has 2 aromatic carbocycles. The molecule has 0 radical (unpaired) electrons. The molecule has 3 heterocycles. The van der Waals surface area contributed by atoms with Gasteiger partial charge in [0.2, 0.25) is 12.7 Å². The highest BCUT2D eigenvalue weighted by Gasteiger charge is 2.29. The molecule has 32 heavy (non-hydrogen) atoms. The SMILES string of the molecule is Cc1cccc(CC(=O)N2CCC[C@@H]2Cn2nc(-c3ccc4c(c3)OCO4)ccc2=O)c1. The van der Waals surface area contributed by atoms with E-state index in [0.29, 0.717) is 36.7 Å². The van der Waals surface area contributed by atoms with Crippen LogP contribution in [0.2, 0.25) is 0 Å². The first-order valence-electron chi connectivity index (χ1n) is 10.9. The fraction of sp³-hybridized carbons (Fsp3) is 0.320. The Balaban J connectivity index is 1.34. The van der Waals surface area contributed by atoms with Crippen molar-refractivity contribution >= 4 is 5.91 Å². The fourth-order valence-corrected chi connectivity index (χ4v) is 4.44. The average Bonchev–Trinajstić information content (AvgIpc) is 3.44. The minimum atomic E-state index is -0.174. The second-order valence-electron chi connectivity index (χ2n) is 8.36. The van der Waals surface area contributed by atoms with Crippen LogP contribution < -0.4 is 15.0 Å². The molecular formula is C25H25N3O4. The molecule has 0 N–H and O–H groups in total. The van der Waals surface area contributed by atoms with Crippen LogP contribution in [0.1, 0.15) is 24.0 Å². The number of ether oxygens (including phenoxy) is 2. The van der Waals surface area contributed by atoms with Crippen LogP contribution in [-0.2, 0) is 17.8 Å². The van der Waals surface area contributed by atoms with E-state index in [9.17, 15) is 9.59 Å². The lowest BCUT2D eigenvalue weighted by atomic mass is 10.1. The van der Waals surface area contributed by atoms with Gasteiger partial charge in [-0.1, -0.05) is 29.8 Å². The van der Waals surface area contributed by atoms with Crippen molar-refractivity contribution in [1.29, 1.82) is 0 Å². The normalized spacial score (nSPS) is 17.0. The quantitative estimate of drug-likeness (QED) is 0.620. The topological polar surface area (TPSA) is 73.7 Å². The molecule has 2 aliphatic rings. The van der Waals surface area contributed by atoms with Crippen LogP contribution in [0.15, 0.2) is 59.4 Å². The Morgan fingerprint density at radius 2 is 1.97 bits per heavy atom. The van der Waals surface area contributed by atoms with Crippen molar-refractivity contribution in [3.05, 3.63) is 76.1 Å². The summed E-state index contributed by atoms with van der Waals surface area (Å²) >= 11 is 0. The number of fused-ring (bicyclic) bond motifs is 1. The standard InChI is InChI=1S/C25H25N3O4/c1-17-4-2-5-18(12-17)13-25(30)27-11-3-6-20(27)15-28-24(29)10-8-21(26-28)19-7-9-22-23(14-19)32-16-31-22/h2,4-5,7-10,12,14,20H,3,6,11,13,15-16H2,1H3/t20-/m1/s1. The number of benzene rings is 2. The van der Waals surface area contributed by atoms with Crippen molar-refractivity contribution in [2.24, 2.45) is 0 Å². The Bertz CT molecular complexity index is 1220. The Morgan fingerprint density at radius 3 is 2.84 bits per heavy atom. The third-order valence-corrected chi connectivity index (χ3v) is 6.05. The second kappa shape index (κ2) is 8.49. The van der Waals surface area contributed by atoms with E-state index in [4.69, 9.17) is 9.47 Å². The van der Waals surface area contributed by atoms with Crippen molar-refractivity contribution in [3.8, 4) is 22.8 Å². The van der Waals surface area contributed by atoms with Crippen molar-refractivity contribution in [2.45, 2.75) is 38.8 Å². The molecule has 1 atom stereocenters. The van der Waals surface area contributed by atoms with Gasteiger partial charge in [-0.25, -0.2) is 4.68 Å². The monoisotopic (exact) mass is 431 g/mol. The van der Waals surface area contributed by atoms with Gasteiger partial charge in [-0.05, 0) is 49.6 Å². The molecule has 1 aromatic heterocycles. The number of carbonyl (C=O) groups excluding carboxylic acids is 1. The number of hydrogen-bond donors (Lipinski definition) is 0. The molecule has 0 bridgehead atoms. The van der Waals surface area contributed by atoms with Gasteiger partial charge in [0.25, 0.3) is 5.56 Å². The van der Waals surface area contributed by atoms with E-state index in [2.05, 4.69) is 5.10 Å². The fourth-order valence-electron chi connectivity index (χ4n) is 4.44. The molecule has 0 spiro atoms. The van der Waals surface area contributed by atoms with E-state index in [1.807, 2.05) is 54.3 Å². The third-order valence-electron chi connectivity index (χ3n) is 6.05. The number of nitrogens with zero attached hydrogens (tertiary/aromatic N) is 3. The number of rotatable bonds is 5. The zero-order valence-corrected chi connectivity index (χ0v) is 18.0. The Morgan fingerprint density at radius 1 is 1.09 bits per heavy atom. The van der Waals surface area contributed by atoms with E-state index in [-0.39, 0.29) is 24.3 Å². The molecular weight excluding hydrogens is 406 g/mol. The van der Waals surface area contributed by atoms with Gasteiger partial charge in [0.1, 0.15) is 0 Å². The number of amides is 1. The maximum atomic E-state index is 13.0. The molecule has 1 saturated heterocycles. The first-order chi connectivity index (χ1) is 15.6. The number of hydrogen-bond acceptors (Lipinski definition) is 5. The highest BCUT2D eigenvalue weighted by atomic mass is 16.7. The van der Waals surface area contributed by atoms with Crippen LogP contribution in [0.5, 0.6) is 11.5 Å². The van der Waals surface area contributed by atoms with Crippen molar-refractivity contribution in [1.82, 2.24) is 14.7 Å². The number of carbonyl (C=O) groups is 1. The highest BCUT2D eigenvalue weighted by molar-refractivity contribution is 5.79. The van der Waals surface area contributed by atoms with Crippen LogP contribution in [0.4, 0.5) is 0 Å². The zero-order chi connectivity index (χ0) is 22.1. The van der Waals surface area contributed by atoms with Gasteiger partial charge in [0.05, 0.1) is 24.7 Å². The Labute approximate surface area is 186 Å². The molecule has 7 heteroatoms. The lowest BCUT2D eigenvalue weighted by Crippen LogP contribution is -2.41. The van der Waals surface area contributed by atoms with Gasteiger partial charge in [0, 0.05) is 18.2 Å². The Kier molecular flexibility index (Phi) is 5.39. The minimum absolute atomic E-state index is 0.0375. The summed E-state index contributed by atoms with van der Waals surface area (Å²) in [6.45, 7) is 3.33. The average molecular weight is 431 g/mol. The summed E-state index contributed by atoms with van der Waals surface area (Å²) < 4.78 is 12.3. The summed E-state index contributed by atoms with van der Waals surface area (Å²) in [7, 11) is 0. The lowest BCUT2D eigenvalue weighted by Gasteiger charge is -2.25. The van der Waals surface area contributed by atoms with Crippen LogP contribution in [-0.4, -0.2) is 40.0 Å². The maximum Gasteiger partial charge on any atom is 0.266 e. The van der Waals surface area contributed by atoms with Gasteiger partial charge in [-0.2, -0.15) is 5.10 Å².